The molecule has 1 rings (SSSR count). The normalized spacial score (nSPS) is 10.9. The van der Waals surface area contributed by atoms with Crippen LogP contribution in [0.1, 0.15) is 5.56 Å². The fourth-order valence-electron chi connectivity index (χ4n) is 1.32. The minimum absolute atomic E-state index is 0.0376. The summed E-state index contributed by atoms with van der Waals surface area (Å²) < 4.78 is 0. The second-order valence-corrected chi connectivity index (χ2v) is 3.68. The van der Waals surface area contributed by atoms with Crippen molar-refractivity contribution in [3.8, 4) is 0 Å². The van der Waals surface area contributed by atoms with Gasteiger partial charge in [0.2, 0.25) is 5.91 Å². The number of nitrogens with one attached hydrogen (secondary N) is 1. The Bertz CT molecular complexity index is 346. The average molecular weight is 218 g/mol. The lowest BCUT2D eigenvalue weighted by Gasteiger charge is -2.12. The van der Waals surface area contributed by atoms with E-state index in [0.717, 1.165) is 6.54 Å². The maximum Gasteiger partial charge on any atom is 0.233 e. The second-order valence-electron chi connectivity index (χ2n) is 3.68. The van der Waals surface area contributed by atoms with Crippen LogP contribution in [0.3, 0.4) is 0 Å². The number of rotatable bonds is 5. The Morgan fingerprint density at radius 3 is 2.69 bits per heavy atom. The molecular formula is C13H18N2O. The molecule has 0 radical (unpaired) electrons. The zero-order chi connectivity index (χ0) is 11.8. The molecule has 0 bridgehead atoms. The number of amides is 1. The Kier molecular flexibility index (Phi) is 5.29. The number of carbonyl (C=O) groups excluding carboxylic acids is 1. The largest absolute Gasteiger partial charge is 0.358 e. The van der Waals surface area contributed by atoms with E-state index < -0.39 is 0 Å². The molecule has 0 atom stereocenters. The van der Waals surface area contributed by atoms with Gasteiger partial charge >= 0.3 is 0 Å². The highest BCUT2D eigenvalue weighted by Crippen LogP contribution is 2.00. The molecule has 1 amide bonds. The molecule has 0 fully saturated rings. The highest BCUT2D eigenvalue weighted by Gasteiger charge is 2.01. The lowest BCUT2D eigenvalue weighted by Crippen LogP contribution is -2.33. The lowest BCUT2D eigenvalue weighted by molar-refractivity contribution is -0.121. The standard InChI is InChI=1S/C13H18N2O/c1-14-13(16)11-15(2)10-6-9-12-7-4-3-5-8-12/h3-9H,10-11H2,1-2H3,(H,14,16)/b9-6+. The lowest BCUT2D eigenvalue weighted by atomic mass is 10.2. The highest BCUT2D eigenvalue weighted by atomic mass is 16.1. The Labute approximate surface area is 96.8 Å². The summed E-state index contributed by atoms with van der Waals surface area (Å²) in [6.07, 6.45) is 4.11. The number of benzene rings is 1. The summed E-state index contributed by atoms with van der Waals surface area (Å²) in [7, 11) is 3.57. The predicted octanol–water partition coefficient (Wildman–Crippen LogP) is 1.38. The Morgan fingerprint density at radius 1 is 1.38 bits per heavy atom. The first-order valence-corrected chi connectivity index (χ1v) is 5.33. The van der Waals surface area contributed by atoms with Gasteiger partial charge in [-0.25, -0.2) is 0 Å². The molecule has 0 aliphatic carbocycles. The van der Waals surface area contributed by atoms with Crippen molar-refractivity contribution in [3.63, 3.8) is 0 Å². The van der Waals surface area contributed by atoms with Gasteiger partial charge in [0.15, 0.2) is 0 Å². The summed E-state index contributed by atoms with van der Waals surface area (Å²) in [6, 6.07) is 10.1. The third kappa shape index (κ3) is 4.75. The minimum atomic E-state index is 0.0376. The smallest absolute Gasteiger partial charge is 0.233 e. The minimum Gasteiger partial charge on any atom is -0.358 e. The molecule has 0 saturated heterocycles. The summed E-state index contributed by atoms with van der Waals surface area (Å²) in [5.41, 5.74) is 1.18. The highest BCUT2D eigenvalue weighted by molar-refractivity contribution is 5.77. The van der Waals surface area contributed by atoms with Gasteiger partial charge < -0.3 is 5.32 Å². The SMILES string of the molecule is CNC(=O)CN(C)C/C=C/c1ccccc1. The van der Waals surface area contributed by atoms with Crippen LogP contribution < -0.4 is 5.32 Å². The van der Waals surface area contributed by atoms with Gasteiger partial charge in [0.1, 0.15) is 0 Å². The van der Waals surface area contributed by atoms with Crippen LogP contribution in [0.15, 0.2) is 36.4 Å². The summed E-state index contributed by atoms with van der Waals surface area (Å²) in [6.45, 7) is 1.19. The number of nitrogens with zero attached hydrogens (tertiary/aromatic N) is 1. The molecule has 0 heterocycles. The van der Waals surface area contributed by atoms with Crippen molar-refractivity contribution in [2.24, 2.45) is 0 Å². The Hall–Kier alpha value is -1.61. The maximum atomic E-state index is 11.1. The van der Waals surface area contributed by atoms with E-state index in [2.05, 4.69) is 29.6 Å². The first-order chi connectivity index (χ1) is 7.72. The molecule has 0 unspecified atom stereocenters. The molecule has 1 aromatic rings. The molecule has 0 aliphatic rings. The van der Waals surface area contributed by atoms with Gasteiger partial charge in [-0.1, -0.05) is 42.5 Å². The molecule has 1 aromatic carbocycles. The van der Waals surface area contributed by atoms with Crippen molar-refractivity contribution in [2.45, 2.75) is 0 Å². The van der Waals surface area contributed by atoms with E-state index in [-0.39, 0.29) is 5.91 Å². The average Bonchev–Trinajstić information content (AvgIpc) is 2.30. The fraction of sp³-hybridized carbons (Fsp3) is 0.308. The van der Waals surface area contributed by atoms with Crippen LogP contribution in [0.2, 0.25) is 0 Å². The molecule has 86 valence electrons. The number of hydrogen-bond donors (Lipinski definition) is 1. The molecule has 0 aliphatic heterocycles. The number of hydrogen-bond acceptors (Lipinski definition) is 2. The van der Waals surface area contributed by atoms with Gasteiger partial charge in [-0.3, -0.25) is 9.69 Å². The van der Waals surface area contributed by atoms with E-state index in [1.807, 2.05) is 30.1 Å². The van der Waals surface area contributed by atoms with Crippen LogP contribution in [0.4, 0.5) is 0 Å². The predicted molar refractivity (Wildman–Crippen MR) is 67.0 cm³/mol. The van der Waals surface area contributed by atoms with E-state index in [1.165, 1.54) is 5.56 Å². The van der Waals surface area contributed by atoms with E-state index in [4.69, 9.17) is 0 Å². The zero-order valence-electron chi connectivity index (χ0n) is 9.81. The summed E-state index contributed by atoms with van der Waals surface area (Å²) in [5.74, 6) is 0.0376. The Balaban J connectivity index is 2.34. The summed E-state index contributed by atoms with van der Waals surface area (Å²) >= 11 is 0. The third-order valence-electron chi connectivity index (χ3n) is 2.22. The molecule has 0 aromatic heterocycles. The van der Waals surface area contributed by atoms with Crippen LogP contribution in [0, 0.1) is 0 Å². The Morgan fingerprint density at radius 2 is 2.06 bits per heavy atom. The van der Waals surface area contributed by atoms with E-state index in [1.54, 1.807) is 7.05 Å². The molecule has 0 saturated carbocycles. The molecule has 3 nitrogen and oxygen atoms in total. The topological polar surface area (TPSA) is 32.3 Å². The first-order valence-electron chi connectivity index (χ1n) is 5.33. The van der Waals surface area contributed by atoms with Crippen molar-refractivity contribution in [3.05, 3.63) is 42.0 Å². The molecular weight excluding hydrogens is 200 g/mol. The second kappa shape index (κ2) is 6.80. The molecule has 0 spiro atoms. The quantitative estimate of drug-likeness (QED) is 0.809. The van der Waals surface area contributed by atoms with Crippen LogP contribution in [-0.2, 0) is 4.79 Å². The van der Waals surface area contributed by atoms with E-state index in [9.17, 15) is 4.79 Å². The molecule has 1 N–H and O–H groups in total. The maximum absolute atomic E-state index is 11.1. The van der Waals surface area contributed by atoms with Crippen LogP contribution >= 0.6 is 0 Å². The van der Waals surface area contributed by atoms with Crippen molar-refractivity contribution in [1.29, 1.82) is 0 Å². The van der Waals surface area contributed by atoms with E-state index in [0.29, 0.717) is 6.54 Å². The first kappa shape index (κ1) is 12.5. The van der Waals surface area contributed by atoms with Crippen molar-refractivity contribution in [2.75, 3.05) is 27.2 Å². The van der Waals surface area contributed by atoms with Gasteiger partial charge in [0, 0.05) is 13.6 Å². The monoisotopic (exact) mass is 218 g/mol. The summed E-state index contributed by atoms with van der Waals surface area (Å²) in [4.78, 5) is 13.0. The van der Waals surface area contributed by atoms with Crippen LogP contribution in [0.25, 0.3) is 6.08 Å². The number of carbonyl (C=O) groups is 1. The van der Waals surface area contributed by atoms with Crippen molar-refractivity contribution >= 4 is 12.0 Å². The number of likely N-dealkylation sites (N-methyl/N-ethyl adjacent to an activating group) is 2. The van der Waals surface area contributed by atoms with Crippen LogP contribution in [0.5, 0.6) is 0 Å². The van der Waals surface area contributed by atoms with Crippen molar-refractivity contribution < 1.29 is 4.79 Å². The van der Waals surface area contributed by atoms with Gasteiger partial charge in [-0.2, -0.15) is 0 Å². The summed E-state index contributed by atoms with van der Waals surface area (Å²) in [5, 5.41) is 2.60. The molecule has 3 heteroatoms. The van der Waals surface area contributed by atoms with Gasteiger partial charge in [-0.05, 0) is 12.6 Å². The van der Waals surface area contributed by atoms with Crippen LogP contribution in [-0.4, -0.2) is 38.0 Å². The van der Waals surface area contributed by atoms with Crippen molar-refractivity contribution in [1.82, 2.24) is 10.2 Å². The van der Waals surface area contributed by atoms with E-state index >= 15 is 0 Å². The fourth-order valence-corrected chi connectivity index (χ4v) is 1.32. The van der Waals surface area contributed by atoms with Gasteiger partial charge in [0.25, 0.3) is 0 Å². The molecule has 16 heavy (non-hydrogen) atoms. The zero-order valence-corrected chi connectivity index (χ0v) is 9.81. The van der Waals surface area contributed by atoms with Gasteiger partial charge in [-0.15, -0.1) is 0 Å². The third-order valence-corrected chi connectivity index (χ3v) is 2.22. The van der Waals surface area contributed by atoms with Gasteiger partial charge in [0.05, 0.1) is 6.54 Å².